The average Bonchev–Trinajstić information content (AvgIpc) is 3.58. The first-order valence-electron chi connectivity index (χ1n) is 12.1. The number of aromatic nitrogens is 4. The monoisotopic (exact) mass is 716 g/mol. The molecule has 0 amide bonds. The van der Waals surface area contributed by atoms with E-state index in [1.165, 1.54) is 0 Å². The zero-order valence-corrected chi connectivity index (χ0v) is 24.8. The Morgan fingerprint density at radius 3 is 2.30 bits per heavy atom. The van der Waals surface area contributed by atoms with Gasteiger partial charge in [0.2, 0.25) is 0 Å². The van der Waals surface area contributed by atoms with Crippen LogP contribution < -0.4 is 5.73 Å². The van der Waals surface area contributed by atoms with E-state index in [-0.39, 0.29) is 17.0 Å². The van der Waals surface area contributed by atoms with Crippen molar-refractivity contribution in [2.45, 2.75) is 36.4 Å². The number of phosphoric acid groups is 1. The molecule has 1 spiro atoms. The highest BCUT2D eigenvalue weighted by Gasteiger charge is 2.72. The van der Waals surface area contributed by atoms with Crippen molar-refractivity contribution in [2.24, 2.45) is 0 Å². The van der Waals surface area contributed by atoms with Crippen molar-refractivity contribution in [3.8, 4) is 0 Å². The van der Waals surface area contributed by atoms with Gasteiger partial charge in [0.25, 0.3) is 5.70 Å². The molecule has 8 atom stereocenters. The third-order valence-corrected chi connectivity index (χ3v) is 11.8. The average molecular weight is 716 g/mol. The number of imidazole rings is 1. The fourth-order valence-corrected chi connectivity index (χ4v) is 9.25. The Hall–Kier alpha value is -3.64. The fourth-order valence-electron chi connectivity index (χ4n) is 4.90. The molecule has 2 aliphatic heterocycles. The molecule has 250 valence electrons. The molecule has 4 heterocycles. The van der Waals surface area contributed by atoms with Gasteiger partial charge in [0.1, 0.15) is 30.2 Å². The Kier molecular flexibility index (Phi) is 8.47. The number of nitrogen functional groups attached to an aromatic ring is 1. The number of nitrogens with two attached hydrogens (primary N) is 1. The lowest BCUT2D eigenvalue weighted by molar-refractivity contribution is -0.569. The van der Waals surface area contributed by atoms with Crippen LogP contribution in [-0.2, 0) is 36.7 Å². The van der Waals surface area contributed by atoms with E-state index in [9.17, 15) is 53.8 Å². The predicted molar refractivity (Wildman–Crippen MR) is 141 cm³/mol. The highest BCUT2D eigenvalue weighted by Crippen LogP contribution is 2.65. The quantitative estimate of drug-likeness (QED) is 0.108. The van der Waals surface area contributed by atoms with E-state index in [1.807, 2.05) is 0 Å². The molecule has 0 radical (unpaired) electrons. The second-order valence-corrected chi connectivity index (χ2v) is 15.2. The Labute approximate surface area is 252 Å². The summed E-state index contributed by atoms with van der Waals surface area (Å²) in [5.74, 6) is -4.90. The maximum Gasteiger partial charge on any atom is 0.479 e. The Bertz CT molecular complexity index is 1840. The number of anilines is 1. The summed E-state index contributed by atoms with van der Waals surface area (Å²) in [5.41, 5.74) is 3.54. The van der Waals surface area contributed by atoms with Crippen molar-refractivity contribution in [1.82, 2.24) is 19.5 Å². The van der Waals surface area contributed by atoms with E-state index in [0.29, 0.717) is 12.2 Å². The minimum Gasteiger partial charge on any atom is -0.382 e. The van der Waals surface area contributed by atoms with Gasteiger partial charge in [-0.3, -0.25) is 48.6 Å². The van der Waals surface area contributed by atoms with E-state index in [1.54, 1.807) is 0 Å². The molecule has 1 aliphatic carbocycles. The molecule has 2 fully saturated rings. The number of fused-ring (bicyclic) bond motifs is 2. The molecule has 3 unspecified atom stereocenters. The van der Waals surface area contributed by atoms with Gasteiger partial charge >= 0.3 is 40.5 Å². The van der Waals surface area contributed by atoms with Crippen molar-refractivity contribution < 1.29 is 71.1 Å². The molecular weight excluding hydrogens is 697 g/mol. The first kappa shape index (κ1) is 33.7. The summed E-state index contributed by atoms with van der Waals surface area (Å²) in [6, 6.07) is -2.40. The number of nitrogens with zero attached hydrogens (tertiary/aromatic N) is 7. The van der Waals surface area contributed by atoms with Crippen molar-refractivity contribution in [3.63, 3.8) is 0 Å². The van der Waals surface area contributed by atoms with Crippen molar-refractivity contribution in [2.75, 3.05) is 18.2 Å². The van der Waals surface area contributed by atoms with Crippen LogP contribution in [0.4, 0.5) is 5.82 Å². The number of hydrogen-bond acceptors (Lipinski definition) is 18. The van der Waals surface area contributed by atoms with Gasteiger partial charge in [0.05, 0.1) is 34.9 Å². The molecule has 26 nitrogen and oxygen atoms in total. The van der Waals surface area contributed by atoms with Crippen LogP contribution in [0.2, 0.25) is 0 Å². The van der Waals surface area contributed by atoms with Crippen LogP contribution >= 0.6 is 23.0 Å². The van der Waals surface area contributed by atoms with Crippen LogP contribution in [0, 0.1) is 30.3 Å². The first-order valence-corrected chi connectivity index (χ1v) is 17.1. The third-order valence-electron chi connectivity index (χ3n) is 6.56. The minimum absolute atomic E-state index is 0.0211. The second kappa shape index (κ2) is 11.6. The first-order chi connectivity index (χ1) is 21.2. The summed E-state index contributed by atoms with van der Waals surface area (Å²) in [6.07, 6.45) is -3.55. The van der Waals surface area contributed by atoms with Crippen LogP contribution in [0.5, 0.6) is 0 Å². The Morgan fingerprint density at radius 1 is 1.02 bits per heavy atom. The summed E-state index contributed by atoms with van der Waals surface area (Å²) in [7, 11) is -16.3. The Balaban J connectivity index is 1.53. The normalized spacial score (nSPS) is 30.3. The highest BCUT2D eigenvalue weighted by molar-refractivity contribution is 7.73. The maximum atomic E-state index is 12.5. The number of phosphoric ester groups is 1. The summed E-state index contributed by atoms with van der Waals surface area (Å²) in [4.78, 5) is 81.5. The molecule has 0 bridgehead atoms. The predicted octanol–water partition coefficient (Wildman–Crippen LogP) is -0.780. The number of nitro groups is 3. The zero-order valence-electron chi connectivity index (χ0n) is 22.2. The molecule has 2 aromatic heterocycles. The van der Waals surface area contributed by atoms with Crippen molar-refractivity contribution in [1.29, 1.82) is 0 Å². The molecular formula is C17H19N8O18P3. The van der Waals surface area contributed by atoms with Crippen LogP contribution in [0.3, 0.4) is 0 Å². The lowest BCUT2D eigenvalue weighted by atomic mass is 9.96. The van der Waals surface area contributed by atoms with Crippen LogP contribution in [0.1, 0.15) is 6.23 Å². The summed E-state index contributed by atoms with van der Waals surface area (Å²) < 4.78 is 62.8. The summed E-state index contributed by atoms with van der Waals surface area (Å²) in [6.45, 7) is -1.14. The fraction of sp³-hybridized carbons (Fsp3) is 0.471. The zero-order chi connectivity index (χ0) is 34.0. The third kappa shape index (κ3) is 6.33. The van der Waals surface area contributed by atoms with Crippen LogP contribution in [0.25, 0.3) is 11.2 Å². The summed E-state index contributed by atoms with van der Waals surface area (Å²) >= 11 is 0. The smallest absolute Gasteiger partial charge is 0.382 e. The topological polar surface area (TPSA) is 377 Å². The molecule has 46 heavy (non-hydrogen) atoms. The lowest BCUT2D eigenvalue weighted by Crippen LogP contribution is -2.53. The number of allylic oxidation sites excluding steroid dienone is 1. The highest BCUT2D eigenvalue weighted by atomic mass is 31.3. The van der Waals surface area contributed by atoms with Crippen molar-refractivity contribution in [3.05, 3.63) is 66.5 Å². The standard InChI is InChI=1S/C17H19N8O18P3/c18-14-11-15(20-4-19-14)22(5-21-11)16-13-12(8(40-16)3-39-46(37,38)43-45(35,36)6-44(32,33)34)41-17(42-13)9(24(28)29)1-7(23(26)27)2-10(17)25(30)31/h1-2,4-5,8-9,12-13,16H,3,6H2,(H,35,36)(H,37,38)(H2,18,19,20)(H2,32,33,34)/t8-,9?,12-,13-,16-,17-/m1/s1. The number of rotatable bonds is 11. The molecule has 6 N–H and O–H groups in total. The van der Waals surface area contributed by atoms with Crippen LogP contribution in [0.15, 0.2) is 36.2 Å². The van der Waals surface area contributed by atoms with E-state index in [4.69, 9.17) is 34.3 Å². The molecule has 5 rings (SSSR count). The van der Waals surface area contributed by atoms with E-state index >= 15 is 0 Å². The molecule has 0 saturated carbocycles. The SMILES string of the molecule is Nc1ncnc2c1ncn2[C@@H]1O[C@H](COP(=O)(O)OP(=O)(O)CP(=O)(O)O)[C@H]2O[C@]3(O[C@H]21)C([N+](=O)[O-])=CC([N+](=O)[O-])=CC3[N+](=O)[O-]. The van der Waals surface area contributed by atoms with Gasteiger partial charge < -0.3 is 39.5 Å². The molecule has 29 heteroatoms. The van der Waals surface area contributed by atoms with Gasteiger partial charge in [0.15, 0.2) is 23.6 Å². The van der Waals surface area contributed by atoms with Gasteiger partial charge in [0, 0.05) is 4.92 Å². The largest absolute Gasteiger partial charge is 0.479 e. The Morgan fingerprint density at radius 2 is 1.70 bits per heavy atom. The van der Waals surface area contributed by atoms with Crippen molar-refractivity contribution >= 4 is 40.0 Å². The lowest BCUT2D eigenvalue weighted by Gasteiger charge is -2.30. The van der Waals surface area contributed by atoms with Gasteiger partial charge in [-0.25, -0.2) is 23.8 Å². The van der Waals surface area contributed by atoms with Crippen LogP contribution in [-0.4, -0.2) is 96.5 Å². The van der Waals surface area contributed by atoms with Gasteiger partial charge in [-0.1, -0.05) is 0 Å². The van der Waals surface area contributed by atoms with E-state index in [0.717, 1.165) is 17.2 Å². The molecule has 2 aromatic rings. The molecule has 2 saturated heterocycles. The molecule has 3 aliphatic rings. The number of hydrogen-bond donors (Lipinski definition) is 5. The van der Waals surface area contributed by atoms with E-state index in [2.05, 4.69) is 19.3 Å². The maximum absolute atomic E-state index is 12.5. The van der Waals surface area contributed by atoms with Gasteiger partial charge in [-0.05, 0) is 0 Å². The summed E-state index contributed by atoms with van der Waals surface area (Å²) in [5, 5.41) is 35.6. The van der Waals surface area contributed by atoms with E-state index < -0.39 is 98.1 Å². The molecule has 0 aromatic carbocycles. The second-order valence-electron chi connectivity index (χ2n) is 9.64. The minimum atomic E-state index is -5.63. The number of ether oxygens (including phenoxy) is 3. The van der Waals surface area contributed by atoms with Gasteiger partial charge in [-0.15, -0.1) is 0 Å². The van der Waals surface area contributed by atoms with Gasteiger partial charge in [-0.2, -0.15) is 0 Å².